The summed E-state index contributed by atoms with van der Waals surface area (Å²) in [6.45, 7) is 0. The Labute approximate surface area is 144 Å². The predicted molar refractivity (Wildman–Crippen MR) is 86.9 cm³/mol. The van der Waals surface area contributed by atoms with Crippen LogP contribution in [0, 0.1) is 5.92 Å². The number of aliphatic carboxylic acids is 1. The molecular weight excluding hydrogens is 326 g/mol. The van der Waals surface area contributed by atoms with Gasteiger partial charge in [-0.3, -0.25) is 9.59 Å². The summed E-state index contributed by atoms with van der Waals surface area (Å²) in [4.78, 5) is 26.9. The van der Waals surface area contributed by atoms with Gasteiger partial charge in [-0.1, -0.05) is 5.16 Å². The van der Waals surface area contributed by atoms with Crippen LogP contribution < -0.4 is 10.1 Å². The van der Waals surface area contributed by atoms with Gasteiger partial charge in [0.1, 0.15) is 5.75 Å². The van der Waals surface area contributed by atoms with Crippen LogP contribution in [-0.2, 0) is 16.0 Å². The first-order valence-electron chi connectivity index (χ1n) is 8.04. The van der Waals surface area contributed by atoms with Crippen molar-refractivity contribution in [2.45, 2.75) is 31.7 Å². The third kappa shape index (κ3) is 4.14. The summed E-state index contributed by atoms with van der Waals surface area (Å²) < 4.78 is 10.3. The molecule has 0 radical (unpaired) electrons. The average molecular weight is 345 g/mol. The topological polar surface area (TPSA) is 115 Å². The number of amides is 1. The number of hydrogen-bond acceptors (Lipinski definition) is 6. The van der Waals surface area contributed by atoms with Crippen molar-refractivity contribution in [2.24, 2.45) is 5.92 Å². The molecule has 1 aliphatic rings. The Hall–Kier alpha value is -2.90. The first-order chi connectivity index (χ1) is 12.0. The van der Waals surface area contributed by atoms with Crippen LogP contribution in [-0.4, -0.2) is 40.3 Å². The second-order valence-electron chi connectivity index (χ2n) is 6.01. The number of methoxy groups -OCH3 is 1. The number of carboxylic acids is 1. The molecule has 1 fully saturated rings. The van der Waals surface area contributed by atoms with E-state index in [0.717, 1.165) is 11.3 Å². The summed E-state index contributed by atoms with van der Waals surface area (Å²) in [6, 6.07) is 7.22. The van der Waals surface area contributed by atoms with Gasteiger partial charge < -0.3 is 19.7 Å². The van der Waals surface area contributed by atoms with Gasteiger partial charge in [0.25, 0.3) is 0 Å². The third-order valence-corrected chi connectivity index (χ3v) is 4.23. The van der Waals surface area contributed by atoms with E-state index in [9.17, 15) is 9.59 Å². The SMILES string of the molecule is COc1ccc(-c2noc(CCC(=O)NC3CC(C(=O)O)C3)n2)cc1. The molecule has 1 amide bonds. The molecule has 2 aromatic rings. The van der Waals surface area contributed by atoms with E-state index in [-0.39, 0.29) is 24.3 Å². The molecule has 1 aromatic heterocycles. The van der Waals surface area contributed by atoms with E-state index >= 15 is 0 Å². The summed E-state index contributed by atoms with van der Waals surface area (Å²) in [5, 5.41) is 15.5. The van der Waals surface area contributed by atoms with E-state index in [2.05, 4.69) is 15.5 Å². The number of carboxylic acid groups (broad SMARTS) is 1. The highest BCUT2D eigenvalue weighted by atomic mass is 16.5. The Balaban J connectivity index is 1.47. The van der Waals surface area contributed by atoms with Crippen molar-refractivity contribution >= 4 is 11.9 Å². The highest BCUT2D eigenvalue weighted by Crippen LogP contribution is 2.27. The van der Waals surface area contributed by atoms with E-state index in [0.29, 0.717) is 31.0 Å². The number of nitrogens with zero attached hydrogens (tertiary/aromatic N) is 2. The second kappa shape index (κ2) is 7.33. The van der Waals surface area contributed by atoms with Crippen LogP contribution in [0.1, 0.15) is 25.2 Å². The van der Waals surface area contributed by atoms with Gasteiger partial charge in [0.2, 0.25) is 17.6 Å². The number of aromatic nitrogens is 2. The molecular formula is C17H19N3O5. The summed E-state index contributed by atoms with van der Waals surface area (Å²) in [6.07, 6.45) is 1.54. The van der Waals surface area contributed by atoms with Gasteiger partial charge in [-0.25, -0.2) is 0 Å². The number of nitrogens with one attached hydrogen (secondary N) is 1. The molecule has 1 heterocycles. The maximum atomic E-state index is 11.9. The van der Waals surface area contributed by atoms with E-state index in [1.807, 2.05) is 24.3 Å². The molecule has 8 nitrogen and oxygen atoms in total. The smallest absolute Gasteiger partial charge is 0.306 e. The average Bonchev–Trinajstić information content (AvgIpc) is 3.04. The minimum Gasteiger partial charge on any atom is -0.497 e. The van der Waals surface area contributed by atoms with E-state index in [1.54, 1.807) is 7.11 Å². The molecule has 2 N–H and O–H groups in total. The van der Waals surface area contributed by atoms with Gasteiger partial charge in [-0.15, -0.1) is 0 Å². The lowest BCUT2D eigenvalue weighted by atomic mass is 9.80. The predicted octanol–water partition coefficient (Wildman–Crippen LogP) is 1.66. The Morgan fingerprint density at radius 1 is 1.32 bits per heavy atom. The van der Waals surface area contributed by atoms with Gasteiger partial charge in [-0.05, 0) is 37.1 Å². The fraction of sp³-hybridized carbons (Fsp3) is 0.412. The first kappa shape index (κ1) is 16.9. The molecule has 0 aliphatic heterocycles. The molecule has 3 rings (SSSR count). The highest BCUT2D eigenvalue weighted by molar-refractivity contribution is 5.77. The zero-order chi connectivity index (χ0) is 17.8. The van der Waals surface area contributed by atoms with Gasteiger partial charge >= 0.3 is 5.97 Å². The monoisotopic (exact) mass is 345 g/mol. The lowest BCUT2D eigenvalue weighted by Gasteiger charge is -2.32. The number of rotatable bonds is 7. The Kier molecular flexibility index (Phi) is 4.97. The number of ether oxygens (including phenoxy) is 1. The van der Waals surface area contributed by atoms with Crippen LogP contribution in [0.2, 0.25) is 0 Å². The molecule has 1 saturated carbocycles. The maximum absolute atomic E-state index is 11.9. The molecule has 1 aromatic carbocycles. The standard InChI is InChI=1S/C17H19N3O5/c1-24-13-4-2-10(3-5-13)16-19-15(25-20-16)7-6-14(21)18-12-8-11(9-12)17(22)23/h2-5,11-12H,6-9H2,1H3,(H,18,21)(H,22,23). The number of hydrogen-bond donors (Lipinski definition) is 2. The van der Waals surface area contributed by atoms with Crippen molar-refractivity contribution in [3.05, 3.63) is 30.2 Å². The molecule has 0 spiro atoms. The largest absolute Gasteiger partial charge is 0.497 e. The van der Waals surface area contributed by atoms with Crippen LogP contribution in [0.4, 0.5) is 0 Å². The molecule has 0 atom stereocenters. The number of carbonyl (C=O) groups is 2. The molecule has 25 heavy (non-hydrogen) atoms. The van der Waals surface area contributed by atoms with Gasteiger partial charge in [0, 0.05) is 24.4 Å². The number of benzene rings is 1. The maximum Gasteiger partial charge on any atom is 0.306 e. The van der Waals surface area contributed by atoms with Crippen LogP contribution in [0.25, 0.3) is 11.4 Å². The summed E-state index contributed by atoms with van der Waals surface area (Å²) in [7, 11) is 1.60. The number of aryl methyl sites for hydroxylation is 1. The zero-order valence-electron chi connectivity index (χ0n) is 13.8. The molecule has 8 heteroatoms. The third-order valence-electron chi connectivity index (χ3n) is 4.23. The first-order valence-corrected chi connectivity index (χ1v) is 8.04. The van der Waals surface area contributed by atoms with Gasteiger partial charge in [-0.2, -0.15) is 4.98 Å². The quantitative estimate of drug-likeness (QED) is 0.784. The van der Waals surface area contributed by atoms with Crippen molar-refractivity contribution in [2.75, 3.05) is 7.11 Å². The second-order valence-corrected chi connectivity index (χ2v) is 6.01. The lowest BCUT2D eigenvalue weighted by molar-refractivity contribution is -0.146. The van der Waals surface area contributed by atoms with Crippen molar-refractivity contribution in [3.8, 4) is 17.1 Å². The van der Waals surface area contributed by atoms with E-state index in [1.165, 1.54) is 0 Å². The fourth-order valence-electron chi connectivity index (χ4n) is 2.67. The van der Waals surface area contributed by atoms with Crippen LogP contribution >= 0.6 is 0 Å². The normalized spacial score (nSPS) is 19.1. The van der Waals surface area contributed by atoms with Gasteiger partial charge in [0.15, 0.2) is 0 Å². The number of carbonyl (C=O) groups excluding carboxylic acids is 1. The Bertz CT molecular complexity index is 750. The van der Waals surface area contributed by atoms with Crippen molar-refractivity contribution in [1.82, 2.24) is 15.5 Å². The van der Waals surface area contributed by atoms with Crippen molar-refractivity contribution in [3.63, 3.8) is 0 Å². The molecule has 0 unspecified atom stereocenters. The molecule has 0 bridgehead atoms. The van der Waals surface area contributed by atoms with Crippen LogP contribution in [0.3, 0.4) is 0 Å². The summed E-state index contributed by atoms with van der Waals surface area (Å²) >= 11 is 0. The van der Waals surface area contributed by atoms with E-state index < -0.39 is 5.97 Å². The Morgan fingerprint density at radius 2 is 2.04 bits per heavy atom. The zero-order valence-corrected chi connectivity index (χ0v) is 13.8. The fourth-order valence-corrected chi connectivity index (χ4v) is 2.67. The van der Waals surface area contributed by atoms with Gasteiger partial charge in [0.05, 0.1) is 13.0 Å². The molecule has 1 aliphatic carbocycles. The molecule has 0 saturated heterocycles. The summed E-state index contributed by atoms with van der Waals surface area (Å²) in [5.41, 5.74) is 0.800. The van der Waals surface area contributed by atoms with E-state index in [4.69, 9.17) is 14.4 Å². The van der Waals surface area contributed by atoms with Crippen molar-refractivity contribution < 1.29 is 24.0 Å². The van der Waals surface area contributed by atoms with Crippen molar-refractivity contribution in [1.29, 1.82) is 0 Å². The Morgan fingerprint density at radius 3 is 2.68 bits per heavy atom. The minimum atomic E-state index is -0.803. The highest BCUT2D eigenvalue weighted by Gasteiger charge is 2.35. The van der Waals surface area contributed by atoms with Crippen LogP contribution in [0.15, 0.2) is 28.8 Å². The van der Waals surface area contributed by atoms with Crippen LogP contribution in [0.5, 0.6) is 5.75 Å². The molecule has 132 valence electrons. The lowest BCUT2D eigenvalue weighted by Crippen LogP contribution is -2.46. The summed E-state index contributed by atoms with van der Waals surface area (Å²) in [5.74, 6) is 0.304. The minimum absolute atomic E-state index is 0.0499.